The molecule has 0 radical (unpaired) electrons. The first-order valence-corrected chi connectivity index (χ1v) is 9.59. The first-order chi connectivity index (χ1) is 13.6. The summed E-state index contributed by atoms with van der Waals surface area (Å²) in [5.41, 5.74) is 2.12. The smallest absolute Gasteiger partial charge is 0.194 e. The summed E-state index contributed by atoms with van der Waals surface area (Å²) in [6.07, 6.45) is 0. The van der Waals surface area contributed by atoms with Crippen molar-refractivity contribution in [3.8, 4) is 11.5 Å². The van der Waals surface area contributed by atoms with E-state index in [4.69, 9.17) is 31.2 Å². The van der Waals surface area contributed by atoms with Crippen LogP contribution in [-0.4, -0.2) is 49.9 Å². The topological polar surface area (TPSA) is 66.3 Å². The molecule has 0 saturated heterocycles. The molecule has 2 aromatic carbocycles. The van der Waals surface area contributed by atoms with E-state index in [1.807, 2.05) is 56.4 Å². The molecule has 0 aliphatic carbocycles. The van der Waals surface area contributed by atoms with E-state index < -0.39 is 0 Å². The second-order valence-corrected chi connectivity index (χ2v) is 6.65. The van der Waals surface area contributed by atoms with E-state index in [-0.39, 0.29) is 13.2 Å². The molecule has 0 heterocycles. The fraction of sp³-hybridized carbons (Fsp3) is 0.381. The van der Waals surface area contributed by atoms with Crippen LogP contribution in [0, 0.1) is 0 Å². The third kappa shape index (κ3) is 6.62. The number of ether oxygens (including phenoxy) is 2. The Bertz CT molecular complexity index is 783. The number of rotatable bonds is 9. The summed E-state index contributed by atoms with van der Waals surface area (Å²) in [4.78, 5) is 6.79. The van der Waals surface area contributed by atoms with Gasteiger partial charge in [-0.05, 0) is 42.3 Å². The molecule has 0 amide bonds. The van der Waals surface area contributed by atoms with Crippen molar-refractivity contribution in [3.63, 3.8) is 0 Å². The fourth-order valence-corrected chi connectivity index (χ4v) is 2.92. The van der Waals surface area contributed by atoms with Gasteiger partial charge in [0, 0.05) is 25.2 Å². The maximum atomic E-state index is 8.91. The van der Waals surface area contributed by atoms with Crippen LogP contribution in [0.5, 0.6) is 11.5 Å². The zero-order valence-corrected chi connectivity index (χ0v) is 17.4. The third-order valence-corrected chi connectivity index (χ3v) is 4.23. The SMILES string of the molecule is CCNC(=NCc1ccc(OCCO)c(OC)c1)N(C)Cc1cccc(Cl)c1. The van der Waals surface area contributed by atoms with Crippen molar-refractivity contribution in [2.45, 2.75) is 20.0 Å². The molecule has 7 heteroatoms. The average Bonchev–Trinajstić information content (AvgIpc) is 2.69. The second-order valence-electron chi connectivity index (χ2n) is 6.21. The summed E-state index contributed by atoms with van der Waals surface area (Å²) in [7, 11) is 3.59. The van der Waals surface area contributed by atoms with Crippen molar-refractivity contribution >= 4 is 17.6 Å². The highest BCUT2D eigenvalue weighted by Gasteiger charge is 2.09. The number of methoxy groups -OCH3 is 1. The molecule has 0 fully saturated rings. The predicted molar refractivity (Wildman–Crippen MR) is 113 cm³/mol. The third-order valence-electron chi connectivity index (χ3n) is 3.99. The van der Waals surface area contributed by atoms with E-state index in [0.29, 0.717) is 24.6 Å². The van der Waals surface area contributed by atoms with Crippen molar-refractivity contribution in [3.05, 3.63) is 58.6 Å². The van der Waals surface area contributed by atoms with Crippen molar-refractivity contribution in [2.75, 3.05) is 33.9 Å². The summed E-state index contributed by atoms with van der Waals surface area (Å²) in [5.74, 6) is 2.04. The van der Waals surface area contributed by atoms with Gasteiger partial charge >= 0.3 is 0 Å². The van der Waals surface area contributed by atoms with Gasteiger partial charge in [0.2, 0.25) is 0 Å². The first-order valence-electron chi connectivity index (χ1n) is 9.21. The van der Waals surface area contributed by atoms with Gasteiger partial charge in [-0.3, -0.25) is 0 Å². The molecule has 28 heavy (non-hydrogen) atoms. The minimum absolute atomic E-state index is 0.0415. The van der Waals surface area contributed by atoms with Gasteiger partial charge < -0.3 is 24.8 Å². The quantitative estimate of drug-likeness (QED) is 0.495. The lowest BCUT2D eigenvalue weighted by molar-refractivity contribution is 0.196. The lowest BCUT2D eigenvalue weighted by Crippen LogP contribution is -2.38. The van der Waals surface area contributed by atoms with E-state index in [0.717, 1.165) is 28.7 Å². The summed E-state index contributed by atoms with van der Waals surface area (Å²) in [6.45, 7) is 4.20. The first kappa shape index (κ1) is 21.9. The van der Waals surface area contributed by atoms with E-state index >= 15 is 0 Å². The largest absolute Gasteiger partial charge is 0.493 e. The molecule has 0 unspecified atom stereocenters. The Labute approximate surface area is 171 Å². The molecular weight excluding hydrogens is 378 g/mol. The van der Waals surface area contributed by atoms with Crippen LogP contribution in [0.25, 0.3) is 0 Å². The number of hydrogen-bond donors (Lipinski definition) is 2. The molecule has 0 aliphatic heterocycles. The summed E-state index contributed by atoms with van der Waals surface area (Å²) >= 11 is 6.08. The molecule has 0 aromatic heterocycles. The van der Waals surface area contributed by atoms with Gasteiger partial charge in [0.25, 0.3) is 0 Å². The normalized spacial score (nSPS) is 11.2. The van der Waals surface area contributed by atoms with Crippen LogP contribution < -0.4 is 14.8 Å². The molecule has 6 nitrogen and oxygen atoms in total. The van der Waals surface area contributed by atoms with Gasteiger partial charge in [0.1, 0.15) is 6.61 Å². The Hall–Kier alpha value is -2.44. The Morgan fingerprint density at radius 1 is 1.18 bits per heavy atom. The van der Waals surface area contributed by atoms with Crippen LogP contribution >= 0.6 is 11.6 Å². The zero-order valence-electron chi connectivity index (χ0n) is 16.6. The van der Waals surface area contributed by atoms with Crippen molar-refractivity contribution in [1.82, 2.24) is 10.2 Å². The highest BCUT2D eigenvalue weighted by molar-refractivity contribution is 6.30. The molecule has 2 rings (SSSR count). The molecule has 2 N–H and O–H groups in total. The highest BCUT2D eigenvalue weighted by atomic mass is 35.5. The summed E-state index contributed by atoms with van der Waals surface area (Å²) in [6, 6.07) is 13.5. The van der Waals surface area contributed by atoms with Gasteiger partial charge in [-0.15, -0.1) is 0 Å². The zero-order chi connectivity index (χ0) is 20.4. The van der Waals surface area contributed by atoms with Gasteiger partial charge in [-0.2, -0.15) is 0 Å². The van der Waals surface area contributed by atoms with E-state index in [1.165, 1.54) is 0 Å². The van der Waals surface area contributed by atoms with Gasteiger partial charge in [0.05, 0.1) is 20.3 Å². The van der Waals surface area contributed by atoms with Crippen LogP contribution in [0.4, 0.5) is 0 Å². The number of nitrogens with one attached hydrogen (secondary N) is 1. The lowest BCUT2D eigenvalue weighted by Gasteiger charge is -2.22. The van der Waals surface area contributed by atoms with Crippen LogP contribution in [0.3, 0.4) is 0 Å². The van der Waals surface area contributed by atoms with Gasteiger partial charge in [0.15, 0.2) is 17.5 Å². The number of aliphatic imine (C=N–C) groups is 1. The fourth-order valence-electron chi connectivity index (χ4n) is 2.71. The number of halogens is 1. The van der Waals surface area contributed by atoms with Gasteiger partial charge in [-0.25, -0.2) is 4.99 Å². The molecule has 152 valence electrons. The number of hydrogen-bond acceptors (Lipinski definition) is 4. The number of aliphatic hydroxyl groups is 1. The number of nitrogens with zero attached hydrogens (tertiary/aromatic N) is 2. The van der Waals surface area contributed by atoms with Gasteiger partial charge in [-0.1, -0.05) is 29.8 Å². The maximum Gasteiger partial charge on any atom is 0.194 e. The Morgan fingerprint density at radius 3 is 2.68 bits per heavy atom. The van der Waals surface area contributed by atoms with Crippen LogP contribution in [-0.2, 0) is 13.1 Å². The van der Waals surface area contributed by atoms with E-state index in [9.17, 15) is 0 Å². The average molecular weight is 406 g/mol. The van der Waals surface area contributed by atoms with Crippen LogP contribution in [0.15, 0.2) is 47.5 Å². The molecule has 0 atom stereocenters. The van der Waals surface area contributed by atoms with Crippen molar-refractivity contribution < 1.29 is 14.6 Å². The molecule has 0 spiro atoms. The molecule has 2 aromatic rings. The van der Waals surface area contributed by atoms with Crippen molar-refractivity contribution in [2.24, 2.45) is 4.99 Å². The summed E-state index contributed by atoms with van der Waals surface area (Å²) < 4.78 is 10.8. The summed E-state index contributed by atoms with van der Waals surface area (Å²) in [5, 5.41) is 13.0. The molecule has 0 aliphatic rings. The predicted octanol–water partition coefficient (Wildman–Crippen LogP) is 3.32. The standard InChI is InChI=1S/C21H28ClN3O3/c1-4-23-21(25(2)15-17-6-5-7-18(22)12-17)24-14-16-8-9-19(28-11-10-26)20(13-16)27-3/h5-9,12-13,26H,4,10-11,14-15H2,1-3H3,(H,23,24). The maximum absolute atomic E-state index is 8.91. The number of guanidine groups is 1. The Kier molecular flexibility index (Phi) is 8.91. The Balaban J connectivity index is 2.10. The van der Waals surface area contributed by atoms with Crippen LogP contribution in [0.2, 0.25) is 5.02 Å². The van der Waals surface area contributed by atoms with E-state index in [2.05, 4.69) is 10.2 Å². The lowest BCUT2D eigenvalue weighted by atomic mass is 10.2. The van der Waals surface area contributed by atoms with Crippen LogP contribution in [0.1, 0.15) is 18.1 Å². The second kappa shape index (κ2) is 11.4. The number of aliphatic hydroxyl groups excluding tert-OH is 1. The Morgan fingerprint density at radius 2 is 2.00 bits per heavy atom. The minimum atomic E-state index is -0.0415. The highest BCUT2D eigenvalue weighted by Crippen LogP contribution is 2.28. The monoisotopic (exact) mass is 405 g/mol. The molecular formula is C21H28ClN3O3. The molecule has 0 bridgehead atoms. The number of benzene rings is 2. The van der Waals surface area contributed by atoms with Crippen molar-refractivity contribution in [1.29, 1.82) is 0 Å². The molecule has 0 saturated carbocycles. The van der Waals surface area contributed by atoms with E-state index in [1.54, 1.807) is 7.11 Å². The minimum Gasteiger partial charge on any atom is -0.493 e.